The minimum absolute atomic E-state index is 0.409. The largest absolute Gasteiger partial charge is 0.365 e. The highest BCUT2D eigenvalue weighted by Crippen LogP contribution is 2.31. The number of pyridine rings is 1. The average Bonchev–Trinajstić information content (AvgIpc) is 3.27. The number of hydrogen-bond acceptors (Lipinski definition) is 4. The maximum Gasteiger partial charge on any atom is 0.144 e. The van der Waals surface area contributed by atoms with Crippen molar-refractivity contribution in [3.8, 4) is 6.07 Å². The highest BCUT2D eigenvalue weighted by atomic mass is 15.2. The highest BCUT2D eigenvalue weighted by Gasteiger charge is 2.34. The van der Waals surface area contributed by atoms with Gasteiger partial charge in [0.1, 0.15) is 11.9 Å². The molecule has 1 aliphatic heterocycles. The molecule has 2 fully saturated rings. The van der Waals surface area contributed by atoms with E-state index in [0.717, 1.165) is 42.3 Å². The molecular weight excluding hydrogens is 260 g/mol. The summed E-state index contributed by atoms with van der Waals surface area (Å²) in [6.45, 7) is 2.24. The number of nitrogens with one attached hydrogen (secondary N) is 1. The molecule has 2 aromatic rings. The van der Waals surface area contributed by atoms with Crippen molar-refractivity contribution < 1.29 is 0 Å². The van der Waals surface area contributed by atoms with Gasteiger partial charge < -0.3 is 5.32 Å². The zero-order chi connectivity index (χ0) is 14.2. The van der Waals surface area contributed by atoms with Crippen molar-refractivity contribution >= 4 is 16.7 Å². The highest BCUT2D eigenvalue weighted by molar-refractivity contribution is 5.82. The van der Waals surface area contributed by atoms with Crippen molar-refractivity contribution in [3.63, 3.8) is 0 Å². The van der Waals surface area contributed by atoms with Gasteiger partial charge in [0.2, 0.25) is 0 Å². The Bertz CT molecular complexity index is 714. The first-order valence-corrected chi connectivity index (χ1v) is 7.64. The second kappa shape index (κ2) is 5.01. The van der Waals surface area contributed by atoms with Crippen molar-refractivity contribution in [2.75, 3.05) is 18.4 Å². The smallest absolute Gasteiger partial charge is 0.144 e. The van der Waals surface area contributed by atoms with Crippen LogP contribution in [-0.4, -0.2) is 35.1 Å². The van der Waals surface area contributed by atoms with Crippen molar-refractivity contribution in [1.29, 1.82) is 5.26 Å². The number of aromatic nitrogens is 1. The number of benzene rings is 1. The Morgan fingerprint density at radius 1 is 1.24 bits per heavy atom. The standard InChI is InChI=1S/C17H18N4/c18-10-13-9-12-3-1-2-4-16(12)20-17(13)19-14-7-8-21(11-14)15-5-6-15/h1-4,9,14-15H,5-8,11H2,(H,19,20). The van der Waals surface area contributed by atoms with E-state index in [0.29, 0.717) is 11.6 Å². The Balaban J connectivity index is 1.59. The zero-order valence-electron chi connectivity index (χ0n) is 11.9. The van der Waals surface area contributed by atoms with Crippen molar-refractivity contribution in [3.05, 3.63) is 35.9 Å². The molecule has 1 N–H and O–H groups in total. The fraction of sp³-hybridized carbons (Fsp3) is 0.412. The van der Waals surface area contributed by atoms with Crippen LogP contribution >= 0.6 is 0 Å². The van der Waals surface area contributed by atoms with Crippen LogP contribution in [-0.2, 0) is 0 Å². The quantitative estimate of drug-likeness (QED) is 0.938. The van der Waals surface area contributed by atoms with Gasteiger partial charge in [-0.15, -0.1) is 0 Å². The molecule has 1 unspecified atom stereocenters. The molecule has 1 aliphatic carbocycles. The summed E-state index contributed by atoms with van der Waals surface area (Å²) in [5.41, 5.74) is 1.58. The summed E-state index contributed by atoms with van der Waals surface area (Å²) in [6.07, 6.45) is 3.84. The fourth-order valence-corrected chi connectivity index (χ4v) is 3.18. The normalized spacial score (nSPS) is 22.3. The second-order valence-electron chi connectivity index (χ2n) is 6.05. The van der Waals surface area contributed by atoms with Crippen LogP contribution in [0.3, 0.4) is 0 Å². The number of para-hydroxylation sites is 1. The lowest BCUT2D eigenvalue weighted by Crippen LogP contribution is -2.28. The Hall–Kier alpha value is -2.12. The molecule has 0 amide bonds. The predicted molar refractivity (Wildman–Crippen MR) is 83.1 cm³/mol. The predicted octanol–water partition coefficient (Wildman–Crippen LogP) is 2.76. The first-order valence-electron chi connectivity index (χ1n) is 7.64. The van der Waals surface area contributed by atoms with E-state index in [4.69, 9.17) is 0 Å². The minimum Gasteiger partial charge on any atom is -0.365 e. The fourth-order valence-electron chi connectivity index (χ4n) is 3.18. The van der Waals surface area contributed by atoms with E-state index in [-0.39, 0.29) is 0 Å². The molecule has 0 spiro atoms. The molecule has 2 aliphatic rings. The summed E-state index contributed by atoms with van der Waals surface area (Å²) in [6, 6.07) is 13.4. The van der Waals surface area contributed by atoms with Crippen LogP contribution < -0.4 is 5.32 Å². The maximum absolute atomic E-state index is 9.36. The van der Waals surface area contributed by atoms with E-state index in [1.807, 2.05) is 30.3 Å². The van der Waals surface area contributed by atoms with Crippen molar-refractivity contribution in [2.24, 2.45) is 0 Å². The van der Waals surface area contributed by atoms with E-state index in [9.17, 15) is 5.26 Å². The summed E-state index contributed by atoms with van der Waals surface area (Å²) < 4.78 is 0. The molecule has 2 heterocycles. The third-order valence-electron chi connectivity index (χ3n) is 4.47. The van der Waals surface area contributed by atoms with Crippen molar-refractivity contribution in [1.82, 2.24) is 9.88 Å². The summed E-state index contributed by atoms with van der Waals surface area (Å²) in [5, 5.41) is 13.9. The molecule has 106 valence electrons. The lowest BCUT2D eigenvalue weighted by Gasteiger charge is -2.17. The SMILES string of the molecule is N#Cc1cc2ccccc2nc1NC1CCN(C2CC2)C1. The van der Waals surface area contributed by atoms with Crippen molar-refractivity contribution in [2.45, 2.75) is 31.3 Å². The maximum atomic E-state index is 9.36. The number of hydrogen-bond donors (Lipinski definition) is 1. The number of anilines is 1. The third-order valence-corrected chi connectivity index (χ3v) is 4.47. The van der Waals surface area contributed by atoms with Gasteiger partial charge in [-0.05, 0) is 31.4 Å². The molecule has 1 saturated carbocycles. The Labute approximate surface area is 124 Å². The molecular formula is C17H18N4. The first kappa shape index (κ1) is 12.6. The Kier molecular flexibility index (Phi) is 3.01. The van der Waals surface area contributed by atoms with Gasteiger partial charge in [0.25, 0.3) is 0 Å². The lowest BCUT2D eigenvalue weighted by atomic mass is 10.1. The van der Waals surface area contributed by atoms with Crippen LogP contribution in [0.15, 0.2) is 30.3 Å². The van der Waals surface area contributed by atoms with Gasteiger partial charge in [0.05, 0.1) is 11.1 Å². The topological polar surface area (TPSA) is 52.0 Å². The Morgan fingerprint density at radius 2 is 2.10 bits per heavy atom. The van der Waals surface area contributed by atoms with E-state index >= 15 is 0 Å². The molecule has 0 radical (unpaired) electrons. The van der Waals surface area contributed by atoms with Gasteiger partial charge in [-0.1, -0.05) is 18.2 Å². The summed E-state index contributed by atoms with van der Waals surface area (Å²) >= 11 is 0. The monoisotopic (exact) mass is 278 g/mol. The van der Waals surface area contributed by atoms with Gasteiger partial charge in [-0.3, -0.25) is 4.90 Å². The van der Waals surface area contributed by atoms with E-state index < -0.39 is 0 Å². The molecule has 1 aromatic heterocycles. The van der Waals surface area contributed by atoms with Crippen LogP contribution in [0.2, 0.25) is 0 Å². The van der Waals surface area contributed by atoms with E-state index in [1.54, 1.807) is 0 Å². The number of nitriles is 1. The molecule has 4 nitrogen and oxygen atoms in total. The number of rotatable bonds is 3. The Morgan fingerprint density at radius 3 is 2.90 bits per heavy atom. The molecule has 4 heteroatoms. The molecule has 4 rings (SSSR count). The summed E-state index contributed by atoms with van der Waals surface area (Å²) in [7, 11) is 0. The van der Waals surface area contributed by atoms with Crippen LogP contribution in [0.5, 0.6) is 0 Å². The van der Waals surface area contributed by atoms with Crippen LogP contribution in [0.4, 0.5) is 5.82 Å². The summed E-state index contributed by atoms with van der Waals surface area (Å²) in [4.78, 5) is 7.20. The minimum atomic E-state index is 0.409. The average molecular weight is 278 g/mol. The number of nitrogens with zero attached hydrogens (tertiary/aromatic N) is 3. The van der Waals surface area contributed by atoms with E-state index in [2.05, 4.69) is 21.3 Å². The van der Waals surface area contributed by atoms with Crippen LogP contribution in [0.1, 0.15) is 24.8 Å². The van der Waals surface area contributed by atoms with Gasteiger partial charge >= 0.3 is 0 Å². The molecule has 0 bridgehead atoms. The van der Waals surface area contributed by atoms with Gasteiger partial charge in [0, 0.05) is 30.6 Å². The lowest BCUT2D eigenvalue weighted by molar-refractivity contribution is 0.326. The number of likely N-dealkylation sites (tertiary alicyclic amines) is 1. The molecule has 1 aromatic carbocycles. The van der Waals surface area contributed by atoms with Gasteiger partial charge in [-0.2, -0.15) is 5.26 Å². The first-order chi connectivity index (χ1) is 10.3. The van der Waals surface area contributed by atoms with E-state index in [1.165, 1.54) is 12.8 Å². The van der Waals surface area contributed by atoms with Gasteiger partial charge in [0.15, 0.2) is 0 Å². The van der Waals surface area contributed by atoms with Gasteiger partial charge in [-0.25, -0.2) is 4.98 Å². The van der Waals surface area contributed by atoms with Crippen LogP contribution in [0, 0.1) is 11.3 Å². The third kappa shape index (κ3) is 2.45. The number of fused-ring (bicyclic) bond motifs is 1. The summed E-state index contributed by atoms with van der Waals surface area (Å²) in [5.74, 6) is 0.735. The second-order valence-corrected chi connectivity index (χ2v) is 6.05. The molecule has 1 saturated heterocycles. The molecule has 21 heavy (non-hydrogen) atoms. The zero-order valence-corrected chi connectivity index (χ0v) is 11.9. The molecule has 1 atom stereocenters. The van der Waals surface area contributed by atoms with Crippen LogP contribution in [0.25, 0.3) is 10.9 Å².